The van der Waals surface area contributed by atoms with E-state index in [2.05, 4.69) is 119 Å². The average Bonchev–Trinajstić information content (AvgIpc) is 3.09. The number of hydrogen-bond acceptors (Lipinski definition) is 2. The van der Waals surface area contributed by atoms with Crippen molar-refractivity contribution in [3.8, 4) is 0 Å². The lowest BCUT2D eigenvalue weighted by molar-refractivity contribution is 0.0601. The van der Waals surface area contributed by atoms with E-state index in [0.717, 1.165) is 16.4 Å². The van der Waals surface area contributed by atoms with Crippen LogP contribution in [0.4, 0.5) is 0 Å². The first kappa shape index (κ1) is 22.1. The summed E-state index contributed by atoms with van der Waals surface area (Å²) in [4.78, 5) is 2.50. The molecule has 0 aliphatic carbocycles. The Kier molecular flexibility index (Phi) is 7.48. The van der Waals surface area contributed by atoms with Gasteiger partial charge in [-0.3, -0.25) is 0 Å². The highest BCUT2D eigenvalue weighted by atomic mass is 79.9. The van der Waals surface area contributed by atoms with Gasteiger partial charge in [-0.05, 0) is 83.3 Å². The van der Waals surface area contributed by atoms with Crippen LogP contribution in [-0.4, -0.2) is 24.1 Å². The van der Waals surface area contributed by atoms with Gasteiger partial charge in [0.05, 0.1) is 16.1 Å². The Morgan fingerprint density at radius 3 is 2.04 bits per heavy atom. The third-order valence-electron chi connectivity index (χ3n) is 5.02. The van der Waals surface area contributed by atoms with Crippen molar-refractivity contribution < 1.29 is 8.92 Å². The first-order valence-electron chi connectivity index (χ1n) is 9.56. The first-order valence-corrected chi connectivity index (χ1v) is 12.7. The summed E-state index contributed by atoms with van der Waals surface area (Å²) >= 11 is 6.99. The van der Waals surface area contributed by atoms with Crippen LogP contribution in [0.5, 0.6) is 0 Å². The Balaban J connectivity index is 2.00. The van der Waals surface area contributed by atoms with Gasteiger partial charge in [0.2, 0.25) is 0 Å². The molecule has 1 aliphatic rings. The Labute approximate surface area is 187 Å². The highest BCUT2D eigenvalue weighted by Gasteiger charge is 2.42. The normalized spacial score (nSPS) is 20.8. The third kappa shape index (κ3) is 4.76. The molecular weight excluding hydrogens is 500 g/mol. The quantitative estimate of drug-likeness (QED) is 0.383. The molecule has 0 radical (unpaired) electrons. The van der Waals surface area contributed by atoms with Crippen LogP contribution in [0.2, 0.25) is 0 Å². The van der Waals surface area contributed by atoms with E-state index in [9.17, 15) is 0 Å². The molecule has 28 heavy (non-hydrogen) atoms. The van der Waals surface area contributed by atoms with Crippen molar-refractivity contribution in [1.29, 1.82) is 0 Å². The molecule has 2 nitrogen and oxygen atoms in total. The highest BCUT2D eigenvalue weighted by molar-refractivity contribution is 9.28. The van der Waals surface area contributed by atoms with Gasteiger partial charge < -0.3 is 8.92 Å². The van der Waals surface area contributed by atoms with Gasteiger partial charge >= 0.3 is 0 Å². The lowest BCUT2D eigenvalue weighted by Gasteiger charge is -2.50. The first-order chi connectivity index (χ1) is 13.3. The summed E-state index contributed by atoms with van der Waals surface area (Å²) in [5.74, 6) is 0.345. The van der Waals surface area contributed by atoms with E-state index < -0.39 is 10.3 Å². The molecule has 0 spiro atoms. The zero-order valence-corrected chi connectivity index (χ0v) is 20.6. The monoisotopic (exact) mass is 526 g/mol. The summed E-state index contributed by atoms with van der Waals surface area (Å²) in [6, 6.07) is 21.4. The summed E-state index contributed by atoms with van der Waals surface area (Å²) < 4.78 is 13.9. The largest absolute Gasteiger partial charge is 0.375 e. The second-order valence-electron chi connectivity index (χ2n) is 7.90. The van der Waals surface area contributed by atoms with Crippen molar-refractivity contribution in [2.24, 2.45) is 5.92 Å². The van der Waals surface area contributed by atoms with Gasteiger partial charge in [0.25, 0.3) is 0 Å². The van der Waals surface area contributed by atoms with Crippen molar-refractivity contribution >= 4 is 42.2 Å². The lowest BCUT2D eigenvalue weighted by atomic mass is 10.0. The van der Waals surface area contributed by atoms with E-state index in [1.54, 1.807) is 0 Å². The van der Waals surface area contributed by atoms with Crippen molar-refractivity contribution in [2.75, 3.05) is 13.2 Å². The van der Waals surface area contributed by atoms with Gasteiger partial charge in [0.15, 0.2) is 0 Å². The van der Waals surface area contributed by atoms with Crippen LogP contribution in [-0.2, 0) is 8.92 Å². The van der Waals surface area contributed by atoms with Crippen molar-refractivity contribution in [2.45, 2.75) is 47.8 Å². The summed E-state index contributed by atoms with van der Waals surface area (Å²) in [5.41, 5.74) is 0. The minimum atomic E-state index is -1.73. The fourth-order valence-corrected chi connectivity index (χ4v) is 8.15. The van der Waals surface area contributed by atoms with Crippen LogP contribution >= 0.6 is 42.2 Å². The third-order valence-corrected chi connectivity index (χ3v) is 9.64. The van der Waals surface area contributed by atoms with Crippen LogP contribution in [0.25, 0.3) is 0 Å². The second-order valence-corrected chi connectivity index (χ2v) is 14.2. The molecule has 1 fully saturated rings. The molecule has 2 atom stereocenters. The standard InChI is InChI=1S/C23H28Br2O2S/c1-23(2,3)28(19-10-6-4-7-11-19,20-12-8-5-9-13-20)27-17-21-18(14-15-26-21)16-22(24)25/h4-13,16,18,21H,14-15,17H2,1-3H3/t18-,21?/m1/s1. The maximum Gasteiger partial charge on any atom is 0.0884 e. The van der Waals surface area contributed by atoms with E-state index in [0.29, 0.717) is 12.5 Å². The Morgan fingerprint density at radius 1 is 1.04 bits per heavy atom. The fourth-order valence-electron chi connectivity index (χ4n) is 3.74. The molecule has 5 heteroatoms. The zero-order chi connectivity index (χ0) is 20.2. The van der Waals surface area contributed by atoms with Gasteiger partial charge in [-0.25, -0.2) is 0 Å². The van der Waals surface area contributed by atoms with Crippen LogP contribution in [0.1, 0.15) is 27.2 Å². The summed E-state index contributed by atoms with van der Waals surface area (Å²) in [6.45, 7) is 8.20. The SMILES string of the molecule is CC(C)(C)S(OCC1OCC[C@@H]1C=C(Br)Br)(c1ccccc1)c1ccccc1. The number of benzene rings is 2. The van der Waals surface area contributed by atoms with Crippen LogP contribution in [0.15, 0.2) is 79.9 Å². The highest BCUT2D eigenvalue weighted by Crippen LogP contribution is 2.71. The molecule has 0 saturated carbocycles. The van der Waals surface area contributed by atoms with Crippen LogP contribution in [0, 0.1) is 5.92 Å². The molecular formula is C23H28Br2O2S. The van der Waals surface area contributed by atoms with Crippen LogP contribution in [0.3, 0.4) is 0 Å². The Morgan fingerprint density at radius 2 is 1.57 bits per heavy atom. The molecule has 1 aliphatic heterocycles. The lowest BCUT2D eigenvalue weighted by Crippen LogP contribution is -2.31. The molecule has 1 heterocycles. The summed E-state index contributed by atoms with van der Waals surface area (Å²) in [6.07, 6.45) is 3.26. The molecule has 0 bridgehead atoms. The predicted octanol–water partition coefficient (Wildman–Crippen LogP) is 7.68. The van der Waals surface area contributed by atoms with Crippen molar-refractivity contribution in [3.05, 3.63) is 70.1 Å². The number of halogens is 2. The van der Waals surface area contributed by atoms with Crippen molar-refractivity contribution in [1.82, 2.24) is 0 Å². The predicted molar refractivity (Wildman–Crippen MR) is 126 cm³/mol. The van der Waals surface area contributed by atoms with Gasteiger partial charge in [-0.2, -0.15) is 0 Å². The average molecular weight is 528 g/mol. The molecule has 0 N–H and O–H groups in total. The van der Waals surface area contributed by atoms with Gasteiger partial charge in [-0.1, -0.05) is 52.8 Å². The van der Waals surface area contributed by atoms with E-state index in [1.165, 1.54) is 9.79 Å². The maximum absolute atomic E-state index is 6.96. The zero-order valence-electron chi connectivity index (χ0n) is 16.6. The number of hydrogen-bond donors (Lipinski definition) is 0. The maximum atomic E-state index is 6.96. The Hall–Kier alpha value is -0.590. The van der Waals surface area contributed by atoms with Gasteiger partial charge in [0.1, 0.15) is 0 Å². The van der Waals surface area contributed by atoms with Gasteiger partial charge in [0, 0.05) is 27.1 Å². The smallest absolute Gasteiger partial charge is 0.0884 e. The molecule has 0 aromatic heterocycles. The molecule has 3 rings (SSSR count). The topological polar surface area (TPSA) is 18.5 Å². The molecule has 2 aromatic rings. The summed E-state index contributed by atoms with van der Waals surface area (Å²) in [7, 11) is -1.73. The minimum Gasteiger partial charge on any atom is -0.375 e. The summed E-state index contributed by atoms with van der Waals surface area (Å²) in [5, 5.41) is 0. The number of ether oxygens (including phenoxy) is 1. The fraction of sp³-hybridized carbons (Fsp3) is 0.391. The second kappa shape index (κ2) is 9.48. The van der Waals surface area contributed by atoms with Crippen molar-refractivity contribution in [3.63, 3.8) is 0 Å². The molecule has 2 aromatic carbocycles. The van der Waals surface area contributed by atoms with E-state index in [-0.39, 0.29) is 10.9 Å². The number of rotatable bonds is 6. The molecule has 152 valence electrons. The Bertz CT molecular complexity index is 744. The van der Waals surface area contributed by atoms with E-state index >= 15 is 0 Å². The molecule has 0 amide bonds. The molecule has 1 saturated heterocycles. The molecule has 1 unspecified atom stereocenters. The van der Waals surface area contributed by atoms with Gasteiger partial charge in [-0.15, -0.1) is 0 Å². The minimum absolute atomic E-state index is 0.0618. The van der Waals surface area contributed by atoms with E-state index in [4.69, 9.17) is 8.92 Å². The van der Waals surface area contributed by atoms with Crippen LogP contribution < -0.4 is 0 Å². The van der Waals surface area contributed by atoms with E-state index in [1.807, 2.05) is 0 Å².